The summed E-state index contributed by atoms with van der Waals surface area (Å²) < 4.78 is 9.89. The fraction of sp³-hybridized carbons (Fsp3) is 0.412. The number of hydrogen-bond acceptors (Lipinski definition) is 5. The van der Waals surface area contributed by atoms with Gasteiger partial charge in [0.1, 0.15) is 6.61 Å². The molecule has 6 heteroatoms. The fourth-order valence-electron chi connectivity index (χ4n) is 2.65. The maximum atomic E-state index is 12.3. The molecule has 124 valence electrons. The van der Waals surface area contributed by atoms with Crippen LogP contribution in [0.4, 0.5) is 4.79 Å². The van der Waals surface area contributed by atoms with Crippen molar-refractivity contribution < 1.29 is 24.2 Å². The highest BCUT2D eigenvalue weighted by Crippen LogP contribution is 2.31. The minimum absolute atomic E-state index is 0.165. The zero-order chi connectivity index (χ0) is 16.7. The summed E-state index contributed by atoms with van der Waals surface area (Å²) >= 11 is 0. The largest absolute Gasteiger partial charge is 0.466 e. The van der Waals surface area contributed by atoms with Crippen molar-refractivity contribution in [2.24, 2.45) is 0 Å². The van der Waals surface area contributed by atoms with Gasteiger partial charge in [0, 0.05) is 12.6 Å². The molecule has 1 heterocycles. The number of hydrogen-bond donors (Lipinski definition) is 1. The van der Waals surface area contributed by atoms with Gasteiger partial charge in [-0.2, -0.15) is 0 Å². The number of carbonyl (C=O) groups excluding carboxylic acids is 2. The molecule has 1 atom stereocenters. The Morgan fingerprint density at radius 3 is 2.74 bits per heavy atom. The predicted molar refractivity (Wildman–Crippen MR) is 83.5 cm³/mol. The molecule has 0 radical (unpaired) electrons. The number of carbonyl (C=O) groups is 2. The molecule has 1 N–H and O–H groups in total. The Hall–Kier alpha value is -2.34. The van der Waals surface area contributed by atoms with Crippen LogP contribution in [-0.4, -0.2) is 47.9 Å². The van der Waals surface area contributed by atoms with E-state index in [-0.39, 0.29) is 13.2 Å². The Morgan fingerprint density at radius 1 is 1.35 bits per heavy atom. The van der Waals surface area contributed by atoms with Crippen LogP contribution in [0.5, 0.6) is 0 Å². The van der Waals surface area contributed by atoms with Crippen molar-refractivity contribution in [1.29, 1.82) is 0 Å². The van der Waals surface area contributed by atoms with Gasteiger partial charge in [0.05, 0.1) is 19.3 Å². The lowest BCUT2D eigenvalue weighted by Gasteiger charge is -2.33. The molecule has 1 saturated heterocycles. The third kappa shape index (κ3) is 4.10. The molecule has 0 aromatic heterocycles. The average Bonchev–Trinajstić information content (AvgIpc) is 3.03. The van der Waals surface area contributed by atoms with Crippen molar-refractivity contribution in [3.05, 3.63) is 48.0 Å². The maximum absolute atomic E-state index is 12.3. The van der Waals surface area contributed by atoms with Crippen molar-refractivity contribution >= 4 is 12.1 Å². The molecule has 0 aliphatic carbocycles. The van der Waals surface area contributed by atoms with Gasteiger partial charge in [-0.25, -0.2) is 9.59 Å². The summed E-state index contributed by atoms with van der Waals surface area (Å²) in [5, 5.41) is 9.75. The number of rotatable bonds is 5. The zero-order valence-corrected chi connectivity index (χ0v) is 13.1. The molecule has 1 fully saturated rings. The molecule has 1 aromatic rings. The predicted octanol–water partition coefficient (Wildman–Crippen LogP) is 1.88. The number of methoxy groups -OCH3 is 1. The Kier molecular flexibility index (Phi) is 5.76. The third-order valence-electron chi connectivity index (χ3n) is 3.96. The van der Waals surface area contributed by atoms with Gasteiger partial charge in [-0.05, 0) is 24.5 Å². The normalized spacial score (nSPS) is 20.7. The molecule has 23 heavy (non-hydrogen) atoms. The monoisotopic (exact) mass is 319 g/mol. The molecule has 0 spiro atoms. The number of esters is 1. The van der Waals surface area contributed by atoms with E-state index in [0.717, 1.165) is 12.0 Å². The fourth-order valence-corrected chi connectivity index (χ4v) is 2.65. The molecule has 1 aliphatic rings. The Labute approximate surface area is 135 Å². The van der Waals surface area contributed by atoms with Crippen molar-refractivity contribution in [3.8, 4) is 0 Å². The second kappa shape index (κ2) is 7.78. The van der Waals surface area contributed by atoms with E-state index in [4.69, 9.17) is 4.74 Å². The lowest BCUT2D eigenvalue weighted by atomic mass is 9.97. The van der Waals surface area contributed by atoms with Crippen molar-refractivity contribution in [2.45, 2.75) is 25.0 Å². The summed E-state index contributed by atoms with van der Waals surface area (Å²) in [5.41, 5.74) is -0.0261. The van der Waals surface area contributed by atoms with E-state index in [9.17, 15) is 14.7 Å². The van der Waals surface area contributed by atoms with Crippen molar-refractivity contribution in [2.75, 3.05) is 20.3 Å². The molecule has 1 aliphatic heterocycles. The number of likely N-dealkylation sites (tertiary alicyclic amines) is 1. The van der Waals surface area contributed by atoms with E-state index >= 15 is 0 Å². The first kappa shape index (κ1) is 17.0. The Morgan fingerprint density at radius 2 is 2.09 bits per heavy atom. The average molecular weight is 319 g/mol. The standard InChI is InChI=1S/C17H21NO5/c1-22-15(20)8-10-17(13-19)9-5-11-18(17)16(21)23-12-14-6-3-2-4-7-14/h2-4,6-8,10,19H,5,9,11-13H2,1H3/b10-8+/t17-/m1/s1. The first-order valence-electron chi connectivity index (χ1n) is 7.48. The van der Waals surface area contributed by atoms with Crippen LogP contribution in [0.15, 0.2) is 42.5 Å². The second-order valence-electron chi connectivity index (χ2n) is 5.41. The van der Waals surface area contributed by atoms with Gasteiger partial charge in [0.15, 0.2) is 0 Å². The van der Waals surface area contributed by atoms with Crippen molar-refractivity contribution in [3.63, 3.8) is 0 Å². The molecule has 1 amide bonds. The summed E-state index contributed by atoms with van der Waals surface area (Å²) in [6.07, 6.45) is 3.55. The summed E-state index contributed by atoms with van der Waals surface area (Å²) in [4.78, 5) is 25.1. The highest BCUT2D eigenvalue weighted by Gasteiger charge is 2.42. The lowest BCUT2D eigenvalue weighted by molar-refractivity contribution is -0.134. The van der Waals surface area contributed by atoms with Crippen LogP contribution in [0.2, 0.25) is 0 Å². The molecule has 1 aromatic carbocycles. The minimum Gasteiger partial charge on any atom is -0.466 e. The van der Waals surface area contributed by atoms with Crippen LogP contribution >= 0.6 is 0 Å². The molecule has 0 unspecified atom stereocenters. The van der Waals surface area contributed by atoms with Crippen LogP contribution in [0.1, 0.15) is 18.4 Å². The first-order chi connectivity index (χ1) is 11.1. The van der Waals surface area contributed by atoms with Gasteiger partial charge in [0.25, 0.3) is 0 Å². The zero-order valence-electron chi connectivity index (χ0n) is 13.1. The van der Waals surface area contributed by atoms with Crippen LogP contribution in [0.25, 0.3) is 0 Å². The van der Waals surface area contributed by atoms with E-state index in [0.29, 0.717) is 13.0 Å². The van der Waals surface area contributed by atoms with Gasteiger partial charge in [-0.3, -0.25) is 4.90 Å². The Bertz CT molecular complexity index is 572. The maximum Gasteiger partial charge on any atom is 0.410 e. The van der Waals surface area contributed by atoms with E-state index < -0.39 is 17.6 Å². The number of ether oxygens (including phenoxy) is 2. The van der Waals surface area contributed by atoms with Gasteiger partial charge >= 0.3 is 12.1 Å². The molecule has 6 nitrogen and oxygen atoms in total. The first-order valence-corrected chi connectivity index (χ1v) is 7.48. The van der Waals surface area contributed by atoms with E-state index in [1.165, 1.54) is 24.2 Å². The highest BCUT2D eigenvalue weighted by atomic mass is 16.6. The Balaban J connectivity index is 2.05. The summed E-state index contributed by atoms with van der Waals surface area (Å²) in [5.74, 6) is -0.526. The SMILES string of the molecule is COC(=O)/C=C/[C@@]1(CO)CCCN1C(=O)OCc1ccccc1. The third-order valence-corrected chi connectivity index (χ3v) is 3.96. The minimum atomic E-state index is -0.915. The molecule has 2 rings (SSSR count). The smallest absolute Gasteiger partial charge is 0.410 e. The van der Waals surface area contributed by atoms with E-state index in [2.05, 4.69) is 4.74 Å². The number of nitrogens with zero attached hydrogens (tertiary/aromatic N) is 1. The van der Waals surface area contributed by atoms with Crippen LogP contribution in [0.3, 0.4) is 0 Å². The van der Waals surface area contributed by atoms with Gasteiger partial charge in [-0.1, -0.05) is 30.3 Å². The van der Waals surface area contributed by atoms with Gasteiger partial charge < -0.3 is 14.6 Å². The molecule has 0 bridgehead atoms. The molecule has 0 saturated carbocycles. The second-order valence-corrected chi connectivity index (χ2v) is 5.41. The van der Waals surface area contributed by atoms with Gasteiger partial charge in [-0.15, -0.1) is 0 Å². The van der Waals surface area contributed by atoms with E-state index in [1.54, 1.807) is 0 Å². The summed E-state index contributed by atoms with van der Waals surface area (Å²) in [6, 6.07) is 9.37. The van der Waals surface area contributed by atoms with E-state index in [1.807, 2.05) is 30.3 Å². The van der Waals surface area contributed by atoms with Crippen LogP contribution in [0, 0.1) is 0 Å². The van der Waals surface area contributed by atoms with Crippen LogP contribution in [-0.2, 0) is 20.9 Å². The van der Waals surface area contributed by atoms with Crippen LogP contribution < -0.4 is 0 Å². The highest BCUT2D eigenvalue weighted by molar-refractivity contribution is 5.82. The summed E-state index contributed by atoms with van der Waals surface area (Å²) in [6.45, 7) is 0.360. The van der Waals surface area contributed by atoms with Gasteiger partial charge in [0.2, 0.25) is 0 Å². The number of benzene rings is 1. The topological polar surface area (TPSA) is 76.1 Å². The lowest BCUT2D eigenvalue weighted by Crippen LogP contribution is -2.49. The van der Waals surface area contributed by atoms with Crippen molar-refractivity contribution in [1.82, 2.24) is 4.90 Å². The summed E-state index contributed by atoms with van der Waals surface area (Å²) in [7, 11) is 1.28. The molecular weight excluding hydrogens is 298 g/mol. The quantitative estimate of drug-likeness (QED) is 0.662. The molecular formula is C17H21NO5. The number of amides is 1. The number of aliphatic hydroxyl groups excluding tert-OH is 1. The number of aliphatic hydroxyl groups is 1.